The van der Waals surface area contributed by atoms with E-state index in [0.29, 0.717) is 0 Å². The molecule has 0 aromatic heterocycles. The molecule has 0 radical (unpaired) electrons. The highest BCUT2D eigenvalue weighted by Gasteiger charge is 2.54. The molecule has 1 aliphatic heterocycles. The number of carbonyl (C=O) groups is 1. The van der Waals surface area contributed by atoms with Crippen molar-refractivity contribution >= 4 is 15.9 Å². The van der Waals surface area contributed by atoms with Gasteiger partial charge < -0.3 is 9.47 Å². The number of hydrogen-bond acceptors (Lipinski definition) is 5. The second-order valence-corrected chi connectivity index (χ2v) is 10.6. The molecule has 2 atom stereocenters. The summed E-state index contributed by atoms with van der Waals surface area (Å²) in [5.41, 5.74) is -0.523. The number of sulfone groups is 1. The predicted molar refractivity (Wildman–Crippen MR) is 102 cm³/mol. The van der Waals surface area contributed by atoms with Crippen LogP contribution >= 0.6 is 0 Å². The molecule has 1 saturated heterocycles. The van der Waals surface area contributed by atoms with Gasteiger partial charge in [0.05, 0.1) is 21.9 Å². The first-order valence-electron chi connectivity index (χ1n) is 9.04. The van der Waals surface area contributed by atoms with Crippen LogP contribution in [0.4, 0.5) is 4.79 Å². The number of aryl methyl sites for hydroxylation is 1. The van der Waals surface area contributed by atoms with Crippen molar-refractivity contribution in [3.63, 3.8) is 0 Å². The normalized spacial score (nSPS) is 24.5. The van der Waals surface area contributed by atoms with E-state index in [1.807, 2.05) is 6.92 Å². The summed E-state index contributed by atoms with van der Waals surface area (Å²) in [5.74, 6) is 0. The average molecular weight is 394 g/mol. The van der Waals surface area contributed by atoms with Crippen molar-refractivity contribution in [1.29, 1.82) is 0 Å². The van der Waals surface area contributed by atoms with E-state index in [1.165, 1.54) is 4.90 Å². The SMILES string of the molecule is Cc1ccc(S(=O)(=O)C2=C[C@H]3[C@@H](C2)OC(C)(C)N3C(=O)OC(C)(C)C)cc1. The Bertz CT molecular complexity index is 878. The highest BCUT2D eigenvalue weighted by atomic mass is 32.2. The molecule has 1 fully saturated rings. The van der Waals surface area contributed by atoms with Crippen molar-refractivity contribution in [3.8, 4) is 0 Å². The Morgan fingerprint density at radius 3 is 2.37 bits per heavy atom. The largest absolute Gasteiger partial charge is 0.444 e. The van der Waals surface area contributed by atoms with E-state index < -0.39 is 39.4 Å². The van der Waals surface area contributed by atoms with Crippen LogP contribution in [0.2, 0.25) is 0 Å². The number of amides is 1. The molecule has 1 heterocycles. The molecule has 27 heavy (non-hydrogen) atoms. The standard InChI is InChI=1S/C20H27NO5S/c1-13-7-9-14(10-8-13)27(23,24)15-11-16-17(12-15)25-20(5,6)21(16)18(22)26-19(2,3)4/h7-11,16-17H,12H2,1-6H3/t16-,17+/m0/s1. The first-order chi connectivity index (χ1) is 12.3. The number of carbonyl (C=O) groups excluding carboxylic acids is 1. The lowest BCUT2D eigenvalue weighted by Crippen LogP contribution is -2.49. The van der Waals surface area contributed by atoms with E-state index in [1.54, 1.807) is 65.0 Å². The number of rotatable bonds is 2. The van der Waals surface area contributed by atoms with E-state index in [4.69, 9.17) is 9.47 Å². The molecule has 7 heteroatoms. The summed E-state index contributed by atoms with van der Waals surface area (Å²) in [6, 6.07) is 6.29. The van der Waals surface area contributed by atoms with Gasteiger partial charge >= 0.3 is 6.09 Å². The Morgan fingerprint density at radius 2 is 1.81 bits per heavy atom. The highest BCUT2D eigenvalue weighted by Crippen LogP contribution is 2.43. The number of benzene rings is 1. The molecule has 0 N–H and O–H groups in total. The summed E-state index contributed by atoms with van der Waals surface area (Å²) >= 11 is 0. The van der Waals surface area contributed by atoms with Gasteiger partial charge in [0.1, 0.15) is 11.3 Å². The first kappa shape index (κ1) is 19.9. The van der Waals surface area contributed by atoms with Crippen LogP contribution in [0.1, 0.15) is 46.6 Å². The minimum Gasteiger partial charge on any atom is -0.444 e. The zero-order valence-electron chi connectivity index (χ0n) is 16.6. The molecule has 1 amide bonds. The van der Waals surface area contributed by atoms with Gasteiger partial charge in [-0.1, -0.05) is 17.7 Å². The quantitative estimate of drug-likeness (QED) is 0.764. The molecule has 1 aliphatic carbocycles. The fourth-order valence-electron chi connectivity index (χ4n) is 3.54. The second-order valence-electron chi connectivity index (χ2n) is 8.60. The van der Waals surface area contributed by atoms with Crippen LogP contribution in [0.5, 0.6) is 0 Å². The third-order valence-electron chi connectivity index (χ3n) is 4.72. The third-order valence-corrected chi connectivity index (χ3v) is 6.61. The van der Waals surface area contributed by atoms with Gasteiger partial charge in [-0.3, -0.25) is 4.90 Å². The molecule has 6 nitrogen and oxygen atoms in total. The molecular formula is C20H27NO5S. The number of nitrogens with zero attached hydrogens (tertiary/aromatic N) is 1. The average Bonchev–Trinajstić information content (AvgIpc) is 2.99. The Kier molecular flexibility index (Phi) is 4.67. The van der Waals surface area contributed by atoms with Crippen LogP contribution in [0, 0.1) is 6.92 Å². The maximum atomic E-state index is 13.0. The van der Waals surface area contributed by atoms with Crippen molar-refractivity contribution < 1.29 is 22.7 Å². The van der Waals surface area contributed by atoms with E-state index in [2.05, 4.69) is 0 Å². The van der Waals surface area contributed by atoms with Gasteiger partial charge in [-0.15, -0.1) is 0 Å². The maximum absolute atomic E-state index is 13.0. The smallest absolute Gasteiger partial charge is 0.413 e. The Balaban J connectivity index is 1.92. The van der Waals surface area contributed by atoms with Crippen molar-refractivity contribution in [3.05, 3.63) is 40.8 Å². The van der Waals surface area contributed by atoms with Crippen molar-refractivity contribution in [1.82, 2.24) is 4.90 Å². The minimum absolute atomic E-state index is 0.240. The van der Waals surface area contributed by atoms with Crippen LogP contribution in [-0.2, 0) is 19.3 Å². The predicted octanol–water partition coefficient (Wildman–Crippen LogP) is 3.80. The summed E-state index contributed by atoms with van der Waals surface area (Å²) in [6.45, 7) is 10.9. The van der Waals surface area contributed by atoms with Crippen molar-refractivity contribution in [2.75, 3.05) is 0 Å². The zero-order chi connectivity index (χ0) is 20.2. The highest BCUT2D eigenvalue weighted by molar-refractivity contribution is 7.95. The Hall–Kier alpha value is -1.86. The Morgan fingerprint density at radius 1 is 1.22 bits per heavy atom. The van der Waals surface area contributed by atoms with Gasteiger partial charge in [-0.25, -0.2) is 13.2 Å². The fraction of sp³-hybridized carbons (Fsp3) is 0.550. The monoisotopic (exact) mass is 393 g/mol. The summed E-state index contributed by atoms with van der Waals surface area (Å²) in [5, 5.41) is 0. The van der Waals surface area contributed by atoms with Gasteiger partial charge in [-0.05, 0) is 59.8 Å². The van der Waals surface area contributed by atoms with Gasteiger partial charge in [0, 0.05) is 6.42 Å². The second kappa shape index (κ2) is 6.34. The van der Waals surface area contributed by atoms with Gasteiger partial charge in [0.2, 0.25) is 9.84 Å². The molecule has 0 spiro atoms. The maximum Gasteiger partial charge on any atom is 0.413 e. The molecule has 148 valence electrons. The van der Waals surface area contributed by atoms with E-state index in [9.17, 15) is 13.2 Å². The number of hydrogen-bond donors (Lipinski definition) is 0. The van der Waals surface area contributed by atoms with E-state index in [0.717, 1.165) is 5.56 Å². The topological polar surface area (TPSA) is 72.9 Å². The first-order valence-corrected chi connectivity index (χ1v) is 10.5. The number of ether oxygens (including phenoxy) is 2. The van der Waals surface area contributed by atoms with Crippen LogP contribution in [0.25, 0.3) is 0 Å². The van der Waals surface area contributed by atoms with E-state index >= 15 is 0 Å². The van der Waals surface area contributed by atoms with E-state index in [-0.39, 0.29) is 16.2 Å². The summed E-state index contributed by atoms with van der Waals surface area (Å²) in [7, 11) is -3.62. The summed E-state index contributed by atoms with van der Waals surface area (Å²) < 4.78 is 37.5. The molecule has 2 aliphatic rings. The summed E-state index contributed by atoms with van der Waals surface area (Å²) in [6.07, 6.45) is 0.968. The minimum atomic E-state index is -3.62. The van der Waals surface area contributed by atoms with Crippen LogP contribution in [0.3, 0.4) is 0 Å². The zero-order valence-corrected chi connectivity index (χ0v) is 17.5. The lowest BCUT2D eigenvalue weighted by molar-refractivity contribution is -0.0784. The Labute approximate surface area is 161 Å². The van der Waals surface area contributed by atoms with Crippen molar-refractivity contribution in [2.45, 2.75) is 76.3 Å². The third kappa shape index (κ3) is 3.75. The fourth-order valence-corrected chi connectivity index (χ4v) is 5.04. The van der Waals surface area contributed by atoms with Crippen LogP contribution < -0.4 is 0 Å². The number of fused-ring (bicyclic) bond motifs is 1. The van der Waals surface area contributed by atoms with Crippen LogP contribution in [0.15, 0.2) is 40.1 Å². The van der Waals surface area contributed by atoms with Crippen LogP contribution in [-0.4, -0.2) is 42.9 Å². The van der Waals surface area contributed by atoms with Gasteiger partial charge in [-0.2, -0.15) is 0 Å². The lowest BCUT2D eigenvalue weighted by atomic mass is 10.2. The molecular weight excluding hydrogens is 366 g/mol. The van der Waals surface area contributed by atoms with Gasteiger partial charge in [0.15, 0.2) is 0 Å². The lowest BCUT2D eigenvalue weighted by Gasteiger charge is -2.34. The molecule has 0 bridgehead atoms. The molecule has 3 rings (SSSR count). The molecule has 0 saturated carbocycles. The van der Waals surface area contributed by atoms with Gasteiger partial charge in [0.25, 0.3) is 0 Å². The molecule has 0 unspecified atom stereocenters. The molecule has 1 aromatic rings. The van der Waals surface area contributed by atoms with Crippen molar-refractivity contribution in [2.24, 2.45) is 0 Å². The summed E-state index contributed by atoms with van der Waals surface area (Å²) in [4.78, 5) is 14.8. The molecule has 1 aromatic carbocycles.